The van der Waals surface area contributed by atoms with Crippen LogP contribution in [-0.4, -0.2) is 41.2 Å². The first-order valence-corrected chi connectivity index (χ1v) is 8.06. The predicted octanol–water partition coefficient (Wildman–Crippen LogP) is 1.40. The average molecular weight is 287 g/mol. The zero-order valence-electron chi connectivity index (χ0n) is 11.8. The fraction of sp³-hybridized carbons (Fsp3) is 0.538. The molecular weight excluding hydrogens is 266 g/mol. The van der Waals surface area contributed by atoms with E-state index in [1.807, 2.05) is 25.1 Å². The number of sulfone groups is 1. The minimum absolute atomic E-state index is 0.0215. The first-order chi connectivity index (χ1) is 8.87. The Bertz CT molecular complexity index is 513. The number of hydrogen-bond donors (Lipinski definition) is 1. The molecule has 0 amide bonds. The topological polar surface area (TPSA) is 64.6 Å². The van der Waals surface area contributed by atoms with Crippen LogP contribution in [0.2, 0.25) is 0 Å². The van der Waals surface area contributed by atoms with Gasteiger partial charge in [0.1, 0.15) is 21.3 Å². The molecule has 19 heavy (non-hydrogen) atoms. The summed E-state index contributed by atoms with van der Waals surface area (Å²) in [5.41, 5.74) is 0.940. The van der Waals surface area contributed by atoms with Gasteiger partial charge in [0.15, 0.2) is 0 Å². The van der Waals surface area contributed by atoms with Crippen LogP contribution in [0.5, 0.6) is 11.5 Å². The van der Waals surface area contributed by atoms with Crippen molar-refractivity contribution in [1.29, 1.82) is 0 Å². The van der Waals surface area contributed by atoms with E-state index in [1.165, 1.54) is 6.26 Å². The second kappa shape index (κ2) is 6.77. The maximum absolute atomic E-state index is 11.1. The molecule has 0 bridgehead atoms. The minimum atomic E-state index is -2.95. The van der Waals surface area contributed by atoms with Crippen LogP contribution in [0.1, 0.15) is 18.5 Å². The molecule has 0 aliphatic carbocycles. The quantitative estimate of drug-likeness (QED) is 0.821. The maximum Gasteiger partial charge on any atom is 0.148 e. The molecule has 1 N–H and O–H groups in total. The zero-order valence-corrected chi connectivity index (χ0v) is 12.6. The summed E-state index contributed by atoms with van der Waals surface area (Å²) in [6.45, 7) is 2.36. The summed E-state index contributed by atoms with van der Waals surface area (Å²) in [7, 11) is 0.261. The Morgan fingerprint density at radius 3 is 2.47 bits per heavy atom. The summed E-state index contributed by atoms with van der Waals surface area (Å²) in [6.07, 6.45) is 1.23. The SMILES string of the molecule is COc1ccc(OC)c(C(C)NCCS(C)(=O)=O)c1. The molecule has 0 spiro atoms. The number of methoxy groups -OCH3 is 2. The van der Waals surface area contributed by atoms with Crippen molar-refractivity contribution in [3.05, 3.63) is 23.8 Å². The molecule has 1 aromatic rings. The van der Waals surface area contributed by atoms with E-state index >= 15 is 0 Å². The van der Waals surface area contributed by atoms with E-state index in [4.69, 9.17) is 9.47 Å². The Hall–Kier alpha value is -1.27. The highest BCUT2D eigenvalue weighted by Gasteiger charge is 2.13. The zero-order chi connectivity index (χ0) is 14.5. The number of hydrogen-bond acceptors (Lipinski definition) is 5. The van der Waals surface area contributed by atoms with E-state index in [9.17, 15) is 8.42 Å². The normalized spacial score (nSPS) is 13.1. The average Bonchev–Trinajstić information content (AvgIpc) is 2.36. The molecule has 0 heterocycles. The fourth-order valence-electron chi connectivity index (χ4n) is 1.75. The molecule has 1 unspecified atom stereocenters. The predicted molar refractivity (Wildman–Crippen MR) is 75.7 cm³/mol. The van der Waals surface area contributed by atoms with Crippen LogP contribution in [0.15, 0.2) is 18.2 Å². The molecule has 0 aliphatic rings. The third kappa shape index (κ3) is 5.08. The molecular formula is C13H21NO4S. The Morgan fingerprint density at radius 2 is 1.95 bits per heavy atom. The number of nitrogens with one attached hydrogen (secondary N) is 1. The molecule has 0 radical (unpaired) electrons. The molecule has 108 valence electrons. The van der Waals surface area contributed by atoms with E-state index < -0.39 is 9.84 Å². The van der Waals surface area contributed by atoms with Gasteiger partial charge in [-0.1, -0.05) is 0 Å². The van der Waals surface area contributed by atoms with Gasteiger partial charge in [-0.3, -0.25) is 0 Å². The summed E-state index contributed by atoms with van der Waals surface area (Å²) >= 11 is 0. The van der Waals surface area contributed by atoms with E-state index in [1.54, 1.807) is 14.2 Å². The minimum Gasteiger partial charge on any atom is -0.497 e. The highest BCUT2D eigenvalue weighted by atomic mass is 32.2. The van der Waals surface area contributed by atoms with Crippen LogP contribution in [0.4, 0.5) is 0 Å². The van der Waals surface area contributed by atoms with E-state index in [0.717, 1.165) is 17.1 Å². The van der Waals surface area contributed by atoms with Gasteiger partial charge in [0.25, 0.3) is 0 Å². The number of ether oxygens (including phenoxy) is 2. The number of rotatable bonds is 7. The van der Waals surface area contributed by atoms with E-state index in [0.29, 0.717) is 6.54 Å². The van der Waals surface area contributed by atoms with Gasteiger partial charge in [0, 0.05) is 24.4 Å². The molecule has 0 saturated heterocycles. The third-order valence-electron chi connectivity index (χ3n) is 2.83. The van der Waals surface area contributed by atoms with Crippen LogP contribution in [0, 0.1) is 0 Å². The standard InChI is InChI=1S/C13H21NO4S/c1-10(14-7-8-19(4,15)16)12-9-11(17-2)5-6-13(12)18-3/h5-6,9-10,14H,7-8H2,1-4H3. The van der Waals surface area contributed by atoms with Crippen molar-refractivity contribution in [3.8, 4) is 11.5 Å². The fourth-order valence-corrected chi connectivity index (χ4v) is 2.24. The summed E-state index contributed by atoms with van der Waals surface area (Å²) < 4.78 is 32.7. The third-order valence-corrected chi connectivity index (χ3v) is 3.77. The van der Waals surface area contributed by atoms with Crippen molar-refractivity contribution in [3.63, 3.8) is 0 Å². The van der Waals surface area contributed by atoms with Crippen molar-refractivity contribution >= 4 is 9.84 Å². The van der Waals surface area contributed by atoms with Crippen LogP contribution in [0.3, 0.4) is 0 Å². The highest BCUT2D eigenvalue weighted by Crippen LogP contribution is 2.28. The van der Waals surface area contributed by atoms with Gasteiger partial charge in [-0.2, -0.15) is 0 Å². The van der Waals surface area contributed by atoms with Gasteiger partial charge in [-0.25, -0.2) is 8.42 Å². The molecule has 1 atom stereocenters. The monoisotopic (exact) mass is 287 g/mol. The Labute approximate surface area is 114 Å². The van der Waals surface area contributed by atoms with Gasteiger partial charge in [-0.05, 0) is 25.1 Å². The summed E-state index contributed by atoms with van der Waals surface area (Å²) in [6, 6.07) is 5.53. The lowest BCUT2D eigenvalue weighted by atomic mass is 10.1. The Kier molecular flexibility index (Phi) is 5.62. The largest absolute Gasteiger partial charge is 0.497 e. The molecule has 0 aromatic heterocycles. The smallest absolute Gasteiger partial charge is 0.148 e. The van der Waals surface area contributed by atoms with Crippen molar-refractivity contribution in [2.75, 3.05) is 32.8 Å². The first-order valence-electron chi connectivity index (χ1n) is 6.00. The number of benzene rings is 1. The van der Waals surface area contributed by atoms with Gasteiger partial charge < -0.3 is 14.8 Å². The molecule has 0 fully saturated rings. The Morgan fingerprint density at radius 1 is 1.26 bits per heavy atom. The van der Waals surface area contributed by atoms with Crippen molar-refractivity contribution in [2.45, 2.75) is 13.0 Å². The maximum atomic E-state index is 11.1. The van der Waals surface area contributed by atoms with Crippen LogP contribution >= 0.6 is 0 Å². The van der Waals surface area contributed by atoms with Crippen molar-refractivity contribution < 1.29 is 17.9 Å². The van der Waals surface area contributed by atoms with Crippen LogP contribution < -0.4 is 14.8 Å². The van der Waals surface area contributed by atoms with Gasteiger partial charge in [-0.15, -0.1) is 0 Å². The first kappa shape index (κ1) is 15.8. The van der Waals surface area contributed by atoms with E-state index in [2.05, 4.69) is 5.32 Å². The second-order valence-corrected chi connectivity index (χ2v) is 6.67. The lowest BCUT2D eigenvalue weighted by Crippen LogP contribution is -2.25. The summed E-state index contributed by atoms with van der Waals surface area (Å²) in [5.74, 6) is 1.61. The van der Waals surface area contributed by atoms with E-state index in [-0.39, 0.29) is 11.8 Å². The van der Waals surface area contributed by atoms with Gasteiger partial charge >= 0.3 is 0 Å². The molecule has 0 aliphatic heterocycles. The molecule has 1 rings (SSSR count). The van der Waals surface area contributed by atoms with Crippen LogP contribution in [0.25, 0.3) is 0 Å². The van der Waals surface area contributed by atoms with Gasteiger partial charge in [0.05, 0.1) is 20.0 Å². The van der Waals surface area contributed by atoms with Crippen molar-refractivity contribution in [2.24, 2.45) is 0 Å². The molecule has 1 aromatic carbocycles. The van der Waals surface area contributed by atoms with Crippen molar-refractivity contribution in [1.82, 2.24) is 5.32 Å². The Balaban J connectivity index is 2.77. The van der Waals surface area contributed by atoms with Crippen LogP contribution in [-0.2, 0) is 9.84 Å². The lowest BCUT2D eigenvalue weighted by molar-refractivity contribution is 0.392. The molecule has 0 saturated carbocycles. The summed E-state index contributed by atoms with van der Waals surface area (Å²) in [5, 5.41) is 3.17. The molecule has 6 heteroatoms. The van der Waals surface area contributed by atoms with Gasteiger partial charge in [0.2, 0.25) is 0 Å². The second-order valence-electron chi connectivity index (χ2n) is 4.41. The lowest BCUT2D eigenvalue weighted by Gasteiger charge is -2.18. The molecule has 5 nitrogen and oxygen atoms in total. The summed E-state index contributed by atoms with van der Waals surface area (Å²) in [4.78, 5) is 0. The highest BCUT2D eigenvalue weighted by molar-refractivity contribution is 7.90.